The Kier molecular flexibility index (Phi) is 4.29. The number of hydrogen-bond donors (Lipinski definition) is 0. The number of fused-ring (bicyclic) bond motifs is 2. The van der Waals surface area contributed by atoms with Gasteiger partial charge in [-0.25, -0.2) is 4.98 Å². The van der Waals surface area contributed by atoms with Gasteiger partial charge in [-0.1, -0.05) is 23.7 Å². The van der Waals surface area contributed by atoms with Crippen LogP contribution < -0.4 is 10.3 Å². The van der Waals surface area contributed by atoms with E-state index in [1.807, 2.05) is 38.1 Å². The van der Waals surface area contributed by atoms with Gasteiger partial charge in [-0.2, -0.15) is 0 Å². The van der Waals surface area contributed by atoms with E-state index in [9.17, 15) is 4.79 Å². The van der Waals surface area contributed by atoms with Gasteiger partial charge in [-0.15, -0.1) is 0 Å². The van der Waals surface area contributed by atoms with E-state index >= 15 is 0 Å². The van der Waals surface area contributed by atoms with Crippen LogP contribution >= 0.6 is 11.6 Å². The van der Waals surface area contributed by atoms with Crippen molar-refractivity contribution in [2.24, 2.45) is 0 Å². The zero-order valence-corrected chi connectivity index (χ0v) is 15.5. The van der Waals surface area contributed by atoms with Gasteiger partial charge in [0, 0.05) is 11.6 Å². The molecule has 0 saturated carbocycles. The van der Waals surface area contributed by atoms with Gasteiger partial charge < -0.3 is 4.74 Å². The van der Waals surface area contributed by atoms with E-state index in [2.05, 4.69) is 6.08 Å². The number of allylic oxidation sites excluding steroid dienone is 1. The number of halogens is 1. The van der Waals surface area contributed by atoms with Gasteiger partial charge in [-0.05, 0) is 67.8 Å². The maximum atomic E-state index is 12.7. The van der Waals surface area contributed by atoms with Crippen molar-refractivity contribution in [2.75, 3.05) is 0 Å². The minimum atomic E-state index is -0.00857. The van der Waals surface area contributed by atoms with E-state index < -0.39 is 0 Å². The smallest absolute Gasteiger partial charge is 0.261 e. The van der Waals surface area contributed by atoms with Crippen LogP contribution in [0.4, 0.5) is 0 Å². The van der Waals surface area contributed by atoms with Gasteiger partial charge in [0.2, 0.25) is 0 Å². The minimum Gasteiger partial charge on any atom is -0.491 e. The first-order valence-corrected chi connectivity index (χ1v) is 9.07. The van der Waals surface area contributed by atoms with Crippen LogP contribution in [0.1, 0.15) is 31.7 Å². The summed E-state index contributed by atoms with van der Waals surface area (Å²) < 4.78 is 7.43. The lowest BCUT2D eigenvalue weighted by Gasteiger charge is -2.09. The summed E-state index contributed by atoms with van der Waals surface area (Å²) in [6.07, 6.45) is 3.02. The van der Waals surface area contributed by atoms with Crippen LogP contribution in [-0.4, -0.2) is 15.7 Å². The molecule has 1 aliphatic heterocycles. The molecular weight excluding hydrogens is 348 g/mol. The lowest BCUT2D eigenvalue weighted by molar-refractivity contribution is 0.242. The topological polar surface area (TPSA) is 44.1 Å². The third-order valence-corrected chi connectivity index (χ3v) is 4.64. The van der Waals surface area contributed by atoms with Crippen LogP contribution in [0.2, 0.25) is 5.02 Å². The molecule has 0 amide bonds. The molecule has 5 heteroatoms. The zero-order valence-electron chi connectivity index (χ0n) is 14.7. The van der Waals surface area contributed by atoms with Crippen molar-refractivity contribution >= 4 is 34.2 Å². The third-order valence-electron chi connectivity index (χ3n) is 4.40. The Labute approximate surface area is 156 Å². The van der Waals surface area contributed by atoms with Gasteiger partial charge in [0.25, 0.3) is 5.56 Å². The quantitative estimate of drug-likeness (QED) is 0.670. The molecule has 1 aliphatic rings. The summed E-state index contributed by atoms with van der Waals surface area (Å²) in [7, 11) is 0. The fourth-order valence-electron chi connectivity index (χ4n) is 3.24. The highest BCUT2D eigenvalue weighted by Gasteiger charge is 2.20. The molecule has 4 rings (SSSR count). The van der Waals surface area contributed by atoms with E-state index in [1.54, 1.807) is 22.8 Å². The van der Waals surface area contributed by atoms with Crippen LogP contribution in [0, 0.1) is 0 Å². The van der Waals surface area contributed by atoms with Gasteiger partial charge in [0.15, 0.2) is 0 Å². The average molecular weight is 367 g/mol. The van der Waals surface area contributed by atoms with Crippen LogP contribution in [0.25, 0.3) is 22.6 Å². The molecule has 0 fully saturated rings. The molecule has 0 saturated heterocycles. The summed E-state index contributed by atoms with van der Waals surface area (Å²) in [6, 6.07) is 13.2. The van der Waals surface area contributed by atoms with Gasteiger partial charge in [0.05, 0.1) is 17.0 Å². The van der Waals surface area contributed by atoms with E-state index in [4.69, 9.17) is 21.3 Å². The van der Waals surface area contributed by atoms with E-state index in [0.717, 1.165) is 29.1 Å². The Morgan fingerprint density at radius 2 is 1.96 bits per heavy atom. The summed E-state index contributed by atoms with van der Waals surface area (Å²) in [5.41, 5.74) is 2.75. The Morgan fingerprint density at radius 1 is 1.19 bits per heavy atom. The molecular formula is C21H19ClN2O2. The standard InChI is InChI=1S/C21H19ClN2O2/c1-13(2)26-17-6-3-14(4-7-17)11-15-9-10-24-20(15)23-19-12-16(22)5-8-18(19)21(24)25/h3-8,11-13H,9-10H2,1-2H3/b15-11+. The van der Waals surface area contributed by atoms with E-state index in [0.29, 0.717) is 22.5 Å². The van der Waals surface area contributed by atoms with Gasteiger partial charge in [-0.3, -0.25) is 9.36 Å². The summed E-state index contributed by atoms with van der Waals surface area (Å²) in [5.74, 6) is 1.58. The molecule has 0 radical (unpaired) electrons. The van der Waals surface area contributed by atoms with Crippen LogP contribution in [0.3, 0.4) is 0 Å². The number of hydrogen-bond acceptors (Lipinski definition) is 3. The number of aromatic nitrogens is 2. The lowest BCUT2D eigenvalue weighted by atomic mass is 10.1. The molecule has 3 aromatic rings. The summed E-state index contributed by atoms with van der Waals surface area (Å²) >= 11 is 6.06. The maximum absolute atomic E-state index is 12.7. The first-order valence-electron chi connectivity index (χ1n) is 8.69. The largest absolute Gasteiger partial charge is 0.491 e. The Morgan fingerprint density at radius 3 is 2.69 bits per heavy atom. The molecule has 26 heavy (non-hydrogen) atoms. The highest BCUT2D eigenvalue weighted by Crippen LogP contribution is 2.28. The van der Waals surface area contributed by atoms with Crippen LogP contribution in [0.5, 0.6) is 5.75 Å². The molecule has 2 aromatic carbocycles. The van der Waals surface area contributed by atoms with E-state index in [-0.39, 0.29) is 11.7 Å². The van der Waals surface area contributed by atoms with Crippen molar-refractivity contribution in [3.05, 3.63) is 69.2 Å². The summed E-state index contributed by atoms with van der Waals surface area (Å²) in [6.45, 7) is 4.66. The molecule has 0 bridgehead atoms. The predicted molar refractivity (Wildman–Crippen MR) is 106 cm³/mol. The zero-order chi connectivity index (χ0) is 18.3. The van der Waals surface area contributed by atoms with Crippen molar-refractivity contribution in [2.45, 2.75) is 32.9 Å². The highest BCUT2D eigenvalue weighted by molar-refractivity contribution is 6.31. The van der Waals surface area contributed by atoms with Crippen molar-refractivity contribution in [3.8, 4) is 5.75 Å². The molecule has 1 aromatic heterocycles. The van der Waals surface area contributed by atoms with Gasteiger partial charge in [0.1, 0.15) is 11.6 Å². The molecule has 0 spiro atoms. The lowest BCUT2D eigenvalue weighted by Crippen LogP contribution is -2.20. The van der Waals surface area contributed by atoms with Gasteiger partial charge >= 0.3 is 0 Å². The molecule has 0 unspecified atom stereocenters. The molecule has 0 atom stereocenters. The fraction of sp³-hybridized carbons (Fsp3) is 0.238. The fourth-order valence-corrected chi connectivity index (χ4v) is 3.41. The second-order valence-electron chi connectivity index (χ2n) is 6.71. The molecule has 132 valence electrons. The summed E-state index contributed by atoms with van der Waals surface area (Å²) in [5, 5.41) is 1.19. The highest BCUT2D eigenvalue weighted by atomic mass is 35.5. The number of nitrogens with zero attached hydrogens (tertiary/aromatic N) is 2. The number of rotatable bonds is 3. The number of benzene rings is 2. The molecule has 4 nitrogen and oxygen atoms in total. The summed E-state index contributed by atoms with van der Waals surface area (Å²) in [4.78, 5) is 17.4. The SMILES string of the molecule is CC(C)Oc1ccc(/C=C2\CCn3c2nc2cc(Cl)ccc2c3=O)cc1. The number of ether oxygens (including phenoxy) is 1. The average Bonchev–Trinajstić information content (AvgIpc) is 2.99. The van der Waals surface area contributed by atoms with Crippen molar-refractivity contribution in [1.82, 2.24) is 9.55 Å². The second kappa shape index (κ2) is 6.61. The third kappa shape index (κ3) is 3.13. The van der Waals surface area contributed by atoms with E-state index in [1.165, 1.54) is 0 Å². The Hall–Kier alpha value is -2.59. The normalized spacial score (nSPS) is 15.0. The molecule has 0 N–H and O–H groups in total. The Balaban J connectivity index is 1.74. The Bertz CT molecular complexity index is 1070. The van der Waals surface area contributed by atoms with Crippen LogP contribution in [-0.2, 0) is 6.54 Å². The minimum absolute atomic E-state index is 0.00857. The van der Waals surface area contributed by atoms with Crippen molar-refractivity contribution in [1.29, 1.82) is 0 Å². The second-order valence-corrected chi connectivity index (χ2v) is 7.15. The first-order chi connectivity index (χ1) is 12.5. The molecule has 0 aliphatic carbocycles. The monoisotopic (exact) mass is 366 g/mol. The maximum Gasteiger partial charge on any atom is 0.261 e. The predicted octanol–water partition coefficient (Wildman–Crippen LogP) is 4.78. The van der Waals surface area contributed by atoms with Crippen molar-refractivity contribution < 1.29 is 4.74 Å². The first kappa shape index (κ1) is 16.9. The van der Waals surface area contributed by atoms with Crippen molar-refractivity contribution in [3.63, 3.8) is 0 Å². The molecule has 2 heterocycles. The van der Waals surface area contributed by atoms with Crippen LogP contribution in [0.15, 0.2) is 47.3 Å².